The highest BCUT2D eigenvalue weighted by Gasteiger charge is 2.19. The highest BCUT2D eigenvalue weighted by Crippen LogP contribution is 2.19. The van der Waals surface area contributed by atoms with Crippen LogP contribution in [0.25, 0.3) is 0 Å². The van der Waals surface area contributed by atoms with E-state index in [4.69, 9.17) is 0 Å². The van der Waals surface area contributed by atoms with Gasteiger partial charge in [0.05, 0.1) is 0 Å². The van der Waals surface area contributed by atoms with Crippen LogP contribution in [-0.4, -0.2) is 35.5 Å². The van der Waals surface area contributed by atoms with Crippen LogP contribution in [0, 0.1) is 6.92 Å². The molecule has 0 bridgehead atoms. The molecule has 0 atom stereocenters. The SMILES string of the molecule is CCN(CC)c1cc(C(=O)N(CC)c2cccc(C)c2)ncn1. The number of hydrogen-bond acceptors (Lipinski definition) is 4. The van der Waals surface area contributed by atoms with Crippen LogP contribution in [0.3, 0.4) is 0 Å². The van der Waals surface area contributed by atoms with Crippen molar-refractivity contribution >= 4 is 17.4 Å². The van der Waals surface area contributed by atoms with E-state index in [2.05, 4.69) is 28.7 Å². The molecular formula is C18H24N4O. The number of carbonyl (C=O) groups is 1. The van der Waals surface area contributed by atoms with Crippen LogP contribution in [0.4, 0.5) is 11.5 Å². The summed E-state index contributed by atoms with van der Waals surface area (Å²) in [7, 11) is 0. The molecule has 5 nitrogen and oxygen atoms in total. The quantitative estimate of drug-likeness (QED) is 0.821. The molecule has 5 heteroatoms. The van der Waals surface area contributed by atoms with Gasteiger partial charge in [0.1, 0.15) is 17.8 Å². The third-order valence-corrected chi connectivity index (χ3v) is 3.83. The lowest BCUT2D eigenvalue weighted by atomic mass is 10.2. The Bertz CT molecular complexity index is 668. The van der Waals surface area contributed by atoms with E-state index in [1.165, 1.54) is 6.33 Å². The van der Waals surface area contributed by atoms with Gasteiger partial charge in [0.2, 0.25) is 0 Å². The summed E-state index contributed by atoms with van der Waals surface area (Å²) in [6, 6.07) is 9.70. The van der Waals surface area contributed by atoms with Gasteiger partial charge in [-0.15, -0.1) is 0 Å². The van der Waals surface area contributed by atoms with Gasteiger partial charge in [-0.25, -0.2) is 9.97 Å². The predicted molar refractivity (Wildman–Crippen MR) is 94.1 cm³/mol. The molecule has 0 N–H and O–H groups in total. The molecule has 2 rings (SSSR count). The standard InChI is InChI=1S/C18H24N4O/c1-5-21(6-2)17-12-16(19-13-20-17)18(23)22(7-3)15-10-8-9-14(4)11-15/h8-13H,5-7H2,1-4H3. The number of amides is 1. The van der Waals surface area contributed by atoms with Crippen molar-refractivity contribution in [3.8, 4) is 0 Å². The molecule has 0 saturated heterocycles. The Morgan fingerprint density at radius 3 is 2.39 bits per heavy atom. The highest BCUT2D eigenvalue weighted by atomic mass is 16.2. The molecule has 1 amide bonds. The van der Waals surface area contributed by atoms with Crippen LogP contribution in [0.2, 0.25) is 0 Å². The van der Waals surface area contributed by atoms with Gasteiger partial charge in [-0.05, 0) is 45.4 Å². The van der Waals surface area contributed by atoms with E-state index in [9.17, 15) is 4.79 Å². The molecule has 0 aliphatic heterocycles. The Kier molecular flexibility index (Phi) is 5.68. The molecule has 2 aromatic rings. The summed E-state index contributed by atoms with van der Waals surface area (Å²) in [6.45, 7) is 10.4. The molecule has 122 valence electrons. The fourth-order valence-corrected chi connectivity index (χ4v) is 2.56. The first-order valence-electron chi connectivity index (χ1n) is 8.06. The molecule has 23 heavy (non-hydrogen) atoms. The maximum atomic E-state index is 12.9. The lowest BCUT2D eigenvalue weighted by molar-refractivity contribution is 0.0983. The van der Waals surface area contributed by atoms with Crippen molar-refractivity contribution in [2.45, 2.75) is 27.7 Å². The molecule has 0 aliphatic rings. The summed E-state index contributed by atoms with van der Waals surface area (Å²) in [6.07, 6.45) is 1.46. The maximum Gasteiger partial charge on any atom is 0.277 e. The summed E-state index contributed by atoms with van der Waals surface area (Å²) in [5.41, 5.74) is 2.44. The lowest BCUT2D eigenvalue weighted by Crippen LogP contribution is -2.32. The van der Waals surface area contributed by atoms with Gasteiger partial charge in [0.15, 0.2) is 0 Å². The molecule has 0 saturated carbocycles. The number of hydrogen-bond donors (Lipinski definition) is 0. The van der Waals surface area contributed by atoms with Crippen molar-refractivity contribution in [2.75, 3.05) is 29.4 Å². The fourth-order valence-electron chi connectivity index (χ4n) is 2.56. The van der Waals surface area contributed by atoms with Crippen molar-refractivity contribution in [1.82, 2.24) is 9.97 Å². The van der Waals surface area contributed by atoms with Gasteiger partial charge in [0, 0.05) is 31.4 Å². The third-order valence-electron chi connectivity index (χ3n) is 3.83. The third kappa shape index (κ3) is 3.86. The maximum absolute atomic E-state index is 12.9. The number of rotatable bonds is 6. The summed E-state index contributed by atoms with van der Waals surface area (Å²) < 4.78 is 0. The average molecular weight is 312 g/mol. The molecule has 1 aromatic heterocycles. The molecule has 0 fully saturated rings. The van der Waals surface area contributed by atoms with E-state index in [1.54, 1.807) is 11.0 Å². The largest absolute Gasteiger partial charge is 0.357 e. The van der Waals surface area contributed by atoms with E-state index in [-0.39, 0.29) is 5.91 Å². The van der Waals surface area contributed by atoms with Crippen LogP contribution in [0.1, 0.15) is 36.8 Å². The Hall–Kier alpha value is -2.43. The van der Waals surface area contributed by atoms with Crippen molar-refractivity contribution in [1.29, 1.82) is 0 Å². The first-order chi connectivity index (χ1) is 11.1. The normalized spacial score (nSPS) is 10.4. The minimum Gasteiger partial charge on any atom is -0.357 e. The Morgan fingerprint density at radius 1 is 1.04 bits per heavy atom. The minimum absolute atomic E-state index is 0.103. The second-order valence-corrected chi connectivity index (χ2v) is 5.32. The van der Waals surface area contributed by atoms with E-state index in [0.717, 1.165) is 30.2 Å². The van der Waals surface area contributed by atoms with Crippen LogP contribution in [0.15, 0.2) is 36.7 Å². The van der Waals surface area contributed by atoms with Crippen LogP contribution in [0.5, 0.6) is 0 Å². The molecule has 1 heterocycles. The van der Waals surface area contributed by atoms with Gasteiger partial charge in [-0.2, -0.15) is 0 Å². The average Bonchev–Trinajstić information content (AvgIpc) is 2.57. The van der Waals surface area contributed by atoms with Gasteiger partial charge >= 0.3 is 0 Å². The second kappa shape index (κ2) is 7.72. The molecule has 0 radical (unpaired) electrons. The van der Waals surface area contributed by atoms with Gasteiger partial charge < -0.3 is 9.80 Å². The highest BCUT2D eigenvalue weighted by molar-refractivity contribution is 6.05. The summed E-state index contributed by atoms with van der Waals surface area (Å²) in [5, 5.41) is 0. The molecule has 0 spiro atoms. The number of anilines is 2. The van der Waals surface area contributed by atoms with Crippen molar-refractivity contribution in [3.63, 3.8) is 0 Å². The zero-order valence-corrected chi connectivity index (χ0v) is 14.3. The molecular weight excluding hydrogens is 288 g/mol. The Morgan fingerprint density at radius 2 is 1.78 bits per heavy atom. The number of carbonyl (C=O) groups excluding carboxylic acids is 1. The van der Waals surface area contributed by atoms with Gasteiger partial charge in [-0.1, -0.05) is 12.1 Å². The number of aryl methyl sites for hydroxylation is 1. The first-order valence-corrected chi connectivity index (χ1v) is 8.06. The first kappa shape index (κ1) is 16.9. The summed E-state index contributed by atoms with van der Waals surface area (Å²) in [5.74, 6) is 0.683. The van der Waals surface area contributed by atoms with Crippen LogP contribution in [-0.2, 0) is 0 Å². The number of nitrogens with zero attached hydrogens (tertiary/aromatic N) is 4. The van der Waals surface area contributed by atoms with E-state index in [0.29, 0.717) is 12.2 Å². The molecule has 1 aromatic carbocycles. The number of benzene rings is 1. The Labute approximate surface area is 138 Å². The van der Waals surface area contributed by atoms with E-state index >= 15 is 0 Å². The van der Waals surface area contributed by atoms with Gasteiger partial charge in [0.25, 0.3) is 5.91 Å². The topological polar surface area (TPSA) is 49.3 Å². The minimum atomic E-state index is -0.103. The van der Waals surface area contributed by atoms with Crippen LogP contribution < -0.4 is 9.80 Å². The fraction of sp³-hybridized carbons (Fsp3) is 0.389. The van der Waals surface area contributed by atoms with E-state index in [1.807, 2.05) is 38.1 Å². The smallest absolute Gasteiger partial charge is 0.277 e. The molecule has 0 aliphatic carbocycles. The second-order valence-electron chi connectivity index (χ2n) is 5.32. The number of aromatic nitrogens is 2. The zero-order chi connectivity index (χ0) is 16.8. The molecule has 0 unspecified atom stereocenters. The van der Waals surface area contributed by atoms with Crippen molar-refractivity contribution in [3.05, 3.63) is 47.9 Å². The Balaban J connectivity index is 2.33. The van der Waals surface area contributed by atoms with Gasteiger partial charge in [-0.3, -0.25) is 4.79 Å². The van der Waals surface area contributed by atoms with Crippen LogP contribution >= 0.6 is 0 Å². The summed E-state index contributed by atoms with van der Waals surface area (Å²) >= 11 is 0. The summed E-state index contributed by atoms with van der Waals surface area (Å²) in [4.78, 5) is 25.2. The van der Waals surface area contributed by atoms with Crippen molar-refractivity contribution < 1.29 is 4.79 Å². The van der Waals surface area contributed by atoms with E-state index < -0.39 is 0 Å². The lowest BCUT2D eigenvalue weighted by Gasteiger charge is -2.23. The zero-order valence-electron chi connectivity index (χ0n) is 14.3. The van der Waals surface area contributed by atoms with Crippen molar-refractivity contribution in [2.24, 2.45) is 0 Å². The predicted octanol–water partition coefficient (Wildman–Crippen LogP) is 3.30. The monoisotopic (exact) mass is 312 g/mol.